The number of guanidine groups is 1. The number of nitrogens with one attached hydrogen (secondary N) is 2. The third-order valence-corrected chi connectivity index (χ3v) is 4.31. The minimum atomic E-state index is 0. The molecule has 2 rings (SSSR count). The molecule has 0 radical (unpaired) electrons. The Balaban J connectivity index is 0.00000450. The summed E-state index contributed by atoms with van der Waals surface area (Å²) in [5.41, 5.74) is 2.15. The van der Waals surface area contributed by atoms with Crippen LogP contribution in [0.4, 0.5) is 0 Å². The molecule has 1 aromatic carbocycles. The highest BCUT2D eigenvalue weighted by molar-refractivity contribution is 14.0. The Bertz CT molecular complexity index is 709. The number of benzene rings is 1. The van der Waals surface area contributed by atoms with Crippen LogP contribution in [-0.2, 0) is 16.0 Å². The summed E-state index contributed by atoms with van der Waals surface area (Å²) in [6, 6.07) is 10.2. The van der Waals surface area contributed by atoms with E-state index in [2.05, 4.69) is 51.2 Å². The summed E-state index contributed by atoms with van der Waals surface area (Å²) in [6.45, 7) is 8.93. The van der Waals surface area contributed by atoms with Gasteiger partial charge in [-0.25, -0.2) is 4.98 Å². The van der Waals surface area contributed by atoms with Gasteiger partial charge in [0.05, 0.1) is 44.8 Å². The van der Waals surface area contributed by atoms with Gasteiger partial charge in [0.15, 0.2) is 5.96 Å². The van der Waals surface area contributed by atoms with E-state index in [-0.39, 0.29) is 24.0 Å². The second-order valence-corrected chi connectivity index (χ2v) is 6.78. The maximum absolute atomic E-state index is 5.60. The monoisotopic (exact) mass is 529 g/mol. The van der Waals surface area contributed by atoms with Crippen molar-refractivity contribution in [3.05, 3.63) is 42.4 Å². The van der Waals surface area contributed by atoms with Crippen LogP contribution in [0, 0.1) is 0 Å². The minimum absolute atomic E-state index is 0. The molecule has 0 spiro atoms. The zero-order chi connectivity index (χ0) is 20.7. The zero-order valence-corrected chi connectivity index (χ0v) is 20.7. The van der Waals surface area contributed by atoms with E-state index in [9.17, 15) is 0 Å². The molecule has 7 nitrogen and oxygen atoms in total. The number of nitrogens with zero attached hydrogens (tertiary/aromatic N) is 3. The number of imidazole rings is 1. The first-order valence-electron chi connectivity index (χ1n) is 10.5. The first kappa shape index (κ1) is 26.4. The molecule has 0 amide bonds. The number of aromatic nitrogens is 2. The first-order chi connectivity index (χ1) is 14.2. The standard InChI is InChI=1S/C22H35N5O2.HI/c1-4-6-13-28-15-16-29-14-12-24-22(23-5-2)27(3)18-21-25-17-20(26-21)19-10-8-7-9-11-19;/h7-11,17H,4-6,12-16,18H2,1-3H3,(H,23,24)(H,25,26);1H. The Morgan fingerprint density at radius 2 is 1.83 bits per heavy atom. The van der Waals surface area contributed by atoms with Crippen molar-refractivity contribution in [2.45, 2.75) is 33.2 Å². The van der Waals surface area contributed by atoms with E-state index in [0.29, 0.717) is 32.9 Å². The summed E-state index contributed by atoms with van der Waals surface area (Å²) in [4.78, 5) is 14.6. The molecule has 0 atom stereocenters. The van der Waals surface area contributed by atoms with E-state index in [4.69, 9.17) is 9.47 Å². The number of rotatable bonds is 13. The second-order valence-electron chi connectivity index (χ2n) is 6.78. The van der Waals surface area contributed by atoms with E-state index >= 15 is 0 Å². The predicted molar refractivity (Wildman–Crippen MR) is 133 cm³/mol. The molecule has 0 saturated heterocycles. The maximum atomic E-state index is 5.60. The lowest BCUT2D eigenvalue weighted by molar-refractivity contribution is 0.0497. The summed E-state index contributed by atoms with van der Waals surface area (Å²) < 4.78 is 11.1. The molecule has 0 aliphatic heterocycles. The van der Waals surface area contributed by atoms with Crippen molar-refractivity contribution in [2.24, 2.45) is 4.99 Å². The Hall–Kier alpha value is -1.65. The van der Waals surface area contributed by atoms with Crippen LogP contribution in [0.5, 0.6) is 0 Å². The molecule has 0 bridgehead atoms. The van der Waals surface area contributed by atoms with Crippen molar-refractivity contribution in [3.63, 3.8) is 0 Å². The predicted octanol–water partition coefficient (Wildman–Crippen LogP) is 3.93. The SMILES string of the molecule is CCCCOCCOCCN=C(NCC)N(C)Cc1ncc(-c2ccccc2)[nH]1.I. The lowest BCUT2D eigenvalue weighted by atomic mass is 10.2. The van der Waals surface area contributed by atoms with Gasteiger partial charge in [0.25, 0.3) is 0 Å². The number of H-pyrrole nitrogens is 1. The highest BCUT2D eigenvalue weighted by atomic mass is 127. The van der Waals surface area contributed by atoms with Crippen LogP contribution in [0.3, 0.4) is 0 Å². The van der Waals surface area contributed by atoms with E-state index in [0.717, 1.165) is 49.0 Å². The molecular weight excluding hydrogens is 493 g/mol. The molecule has 0 unspecified atom stereocenters. The molecule has 2 aromatic rings. The van der Waals surface area contributed by atoms with Crippen molar-refractivity contribution in [3.8, 4) is 11.3 Å². The van der Waals surface area contributed by atoms with Gasteiger partial charge in [0.2, 0.25) is 0 Å². The van der Waals surface area contributed by atoms with Crippen molar-refractivity contribution < 1.29 is 9.47 Å². The van der Waals surface area contributed by atoms with E-state index in [1.165, 1.54) is 0 Å². The molecule has 0 fully saturated rings. The van der Waals surface area contributed by atoms with Crippen LogP contribution < -0.4 is 5.32 Å². The summed E-state index contributed by atoms with van der Waals surface area (Å²) in [5.74, 6) is 1.74. The van der Waals surface area contributed by atoms with Gasteiger partial charge >= 0.3 is 0 Å². The first-order valence-corrected chi connectivity index (χ1v) is 10.5. The topological polar surface area (TPSA) is 74.8 Å². The van der Waals surface area contributed by atoms with Crippen LogP contribution in [0.2, 0.25) is 0 Å². The summed E-state index contributed by atoms with van der Waals surface area (Å²) in [7, 11) is 2.01. The van der Waals surface area contributed by atoms with E-state index in [1.807, 2.05) is 31.4 Å². The fourth-order valence-electron chi connectivity index (χ4n) is 2.76. The van der Waals surface area contributed by atoms with Gasteiger partial charge in [-0.15, -0.1) is 24.0 Å². The van der Waals surface area contributed by atoms with Crippen LogP contribution in [0.25, 0.3) is 11.3 Å². The summed E-state index contributed by atoms with van der Waals surface area (Å²) in [5, 5.41) is 3.32. The third kappa shape index (κ3) is 9.90. The van der Waals surface area contributed by atoms with Crippen LogP contribution in [0.1, 0.15) is 32.5 Å². The van der Waals surface area contributed by atoms with Gasteiger partial charge in [0, 0.05) is 20.2 Å². The van der Waals surface area contributed by atoms with Crippen molar-refractivity contribution in [1.29, 1.82) is 0 Å². The zero-order valence-electron chi connectivity index (χ0n) is 18.4. The number of aromatic amines is 1. The number of halogens is 1. The molecular formula is C22H36IN5O2. The fourth-order valence-corrected chi connectivity index (χ4v) is 2.76. The van der Waals surface area contributed by atoms with Crippen LogP contribution in [0.15, 0.2) is 41.5 Å². The quantitative estimate of drug-likeness (QED) is 0.178. The Morgan fingerprint density at radius 3 is 2.53 bits per heavy atom. The highest BCUT2D eigenvalue weighted by Gasteiger charge is 2.09. The molecule has 1 aromatic heterocycles. The highest BCUT2D eigenvalue weighted by Crippen LogP contribution is 2.16. The van der Waals surface area contributed by atoms with Gasteiger partial charge in [-0.05, 0) is 18.9 Å². The molecule has 2 N–H and O–H groups in total. The molecule has 0 saturated carbocycles. The lowest BCUT2D eigenvalue weighted by Gasteiger charge is -2.21. The number of aliphatic imine (C=N–C) groups is 1. The fraction of sp³-hybridized carbons (Fsp3) is 0.545. The van der Waals surface area contributed by atoms with Crippen molar-refractivity contribution >= 4 is 29.9 Å². The summed E-state index contributed by atoms with van der Waals surface area (Å²) >= 11 is 0. The number of unbranched alkanes of at least 4 members (excludes halogenated alkanes) is 1. The molecule has 0 aliphatic carbocycles. The van der Waals surface area contributed by atoms with Gasteiger partial charge < -0.3 is 24.7 Å². The summed E-state index contributed by atoms with van der Waals surface area (Å²) in [6.07, 6.45) is 4.13. The van der Waals surface area contributed by atoms with Gasteiger partial charge in [-0.3, -0.25) is 4.99 Å². The maximum Gasteiger partial charge on any atom is 0.194 e. The van der Waals surface area contributed by atoms with E-state index < -0.39 is 0 Å². The molecule has 0 aliphatic rings. The largest absolute Gasteiger partial charge is 0.379 e. The molecule has 8 heteroatoms. The normalized spacial score (nSPS) is 11.2. The molecule has 1 heterocycles. The Labute approximate surface area is 197 Å². The van der Waals surface area contributed by atoms with Crippen LogP contribution >= 0.6 is 24.0 Å². The van der Waals surface area contributed by atoms with Gasteiger partial charge in [0.1, 0.15) is 5.82 Å². The van der Waals surface area contributed by atoms with E-state index in [1.54, 1.807) is 0 Å². The number of hydrogen-bond acceptors (Lipinski definition) is 4. The average molecular weight is 529 g/mol. The van der Waals surface area contributed by atoms with Gasteiger partial charge in [-0.2, -0.15) is 0 Å². The number of ether oxygens (including phenoxy) is 2. The third-order valence-electron chi connectivity index (χ3n) is 4.31. The smallest absolute Gasteiger partial charge is 0.194 e. The van der Waals surface area contributed by atoms with Crippen molar-refractivity contribution in [1.82, 2.24) is 20.2 Å². The van der Waals surface area contributed by atoms with Crippen molar-refractivity contribution in [2.75, 3.05) is 46.6 Å². The van der Waals surface area contributed by atoms with Gasteiger partial charge in [-0.1, -0.05) is 43.7 Å². The Morgan fingerprint density at radius 1 is 1.10 bits per heavy atom. The Kier molecular flexibility index (Phi) is 14.2. The lowest BCUT2D eigenvalue weighted by Crippen LogP contribution is -2.39. The minimum Gasteiger partial charge on any atom is -0.379 e. The average Bonchev–Trinajstić information content (AvgIpc) is 3.21. The van der Waals surface area contributed by atoms with Crippen LogP contribution in [-0.4, -0.2) is 67.4 Å². The number of hydrogen-bond donors (Lipinski definition) is 2. The molecule has 30 heavy (non-hydrogen) atoms. The second kappa shape index (κ2) is 16.1. The molecule has 168 valence electrons.